The van der Waals surface area contributed by atoms with Crippen LogP contribution in [0.1, 0.15) is 0 Å². The molecule has 0 atom stereocenters. The molecule has 0 aliphatic rings. The molecule has 0 saturated carbocycles. The van der Waals surface area contributed by atoms with Crippen molar-refractivity contribution in [2.45, 2.75) is 0 Å². The van der Waals surface area contributed by atoms with Crippen molar-refractivity contribution in [1.82, 2.24) is 4.73 Å². The topological polar surface area (TPSA) is 25.2 Å². The van der Waals surface area contributed by atoms with E-state index in [1.165, 1.54) is 24.4 Å². The summed E-state index contributed by atoms with van der Waals surface area (Å²) in [6.45, 7) is 0. The molecule has 0 aliphatic heterocycles. The van der Waals surface area contributed by atoms with Crippen LogP contribution in [0, 0.1) is 5.82 Å². The van der Waals surface area contributed by atoms with E-state index in [0.717, 1.165) is 4.73 Å². The summed E-state index contributed by atoms with van der Waals surface area (Å²) in [6, 6.07) is 5.88. The van der Waals surface area contributed by atoms with Crippen LogP contribution in [0.4, 0.5) is 4.39 Å². The second-order valence-electron chi connectivity index (χ2n) is 2.36. The van der Waals surface area contributed by atoms with E-state index in [-0.39, 0.29) is 5.82 Å². The normalized spacial score (nSPS) is 10.6. The number of halogens is 1. The van der Waals surface area contributed by atoms with Crippen molar-refractivity contribution in [3.63, 3.8) is 0 Å². The zero-order valence-electron chi connectivity index (χ0n) is 5.66. The van der Waals surface area contributed by atoms with Gasteiger partial charge in [0.15, 0.2) is 0 Å². The Morgan fingerprint density at radius 2 is 2.09 bits per heavy atom. The van der Waals surface area contributed by atoms with E-state index in [0.29, 0.717) is 10.9 Å². The van der Waals surface area contributed by atoms with Gasteiger partial charge in [-0.3, -0.25) is 0 Å². The lowest BCUT2D eigenvalue weighted by atomic mass is 10.2. The molecular weight excluding hydrogens is 145 g/mol. The molecule has 1 heterocycles. The Kier molecular flexibility index (Phi) is 1.12. The molecular formula is C8H6FNO. The molecule has 2 aromatic rings. The summed E-state index contributed by atoms with van der Waals surface area (Å²) in [5.41, 5.74) is 0.617. The fraction of sp³-hybridized carbons (Fsp3) is 0. The molecule has 2 nitrogen and oxygen atoms in total. The van der Waals surface area contributed by atoms with Crippen LogP contribution in [0.3, 0.4) is 0 Å². The van der Waals surface area contributed by atoms with Gasteiger partial charge in [0.2, 0.25) is 0 Å². The van der Waals surface area contributed by atoms with E-state index in [2.05, 4.69) is 0 Å². The lowest BCUT2D eigenvalue weighted by Crippen LogP contribution is -1.85. The molecule has 1 aromatic heterocycles. The van der Waals surface area contributed by atoms with Crippen molar-refractivity contribution in [2.24, 2.45) is 0 Å². The summed E-state index contributed by atoms with van der Waals surface area (Å²) in [5.74, 6) is -0.288. The van der Waals surface area contributed by atoms with E-state index in [4.69, 9.17) is 5.21 Å². The SMILES string of the molecule is On1ccc2cc(F)ccc21. The Balaban J connectivity index is 2.86. The molecule has 2 rings (SSSR count). The van der Waals surface area contributed by atoms with E-state index >= 15 is 0 Å². The highest BCUT2D eigenvalue weighted by atomic mass is 19.1. The van der Waals surface area contributed by atoms with Gasteiger partial charge in [0.25, 0.3) is 0 Å². The number of rotatable bonds is 0. The molecule has 56 valence electrons. The molecule has 0 fully saturated rings. The number of fused-ring (bicyclic) bond motifs is 1. The maximum atomic E-state index is 12.6. The monoisotopic (exact) mass is 151 g/mol. The minimum atomic E-state index is -0.288. The highest BCUT2D eigenvalue weighted by Crippen LogP contribution is 2.14. The quantitative estimate of drug-likeness (QED) is 0.572. The Morgan fingerprint density at radius 3 is 2.91 bits per heavy atom. The number of hydrogen-bond acceptors (Lipinski definition) is 1. The molecule has 0 amide bonds. The number of benzene rings is 1. The van der Waals surface area contributed by atoms with Gasteiger partial charge in [-0.2, -0.15) is 4.73 Å². The minimum absolute atomic E-state index is 0.288. The summed E-state index contributed by atoms with van der Waals surface area (Å²) in [5, 5.41) is 9.80. The van der Waals surface area contributed by atoms with Gasteiger partial charge in [0.1, 0.15) is 5.82 Å². The Morgan fingerprint density at radius 1 is 1.27 bits per heavy atom. The van der Waals surface area contributed by atoms with Gasteiger partial charge in [-0.1, -0.05) is 0 Å². The van der Waals surface area contributed by atoms with Crippen molar-refractivity contribution < 1.29 is 9.60 Å². The van der Waals surface area contributed by atoms with Crippen LogP contribution in [0.5, 0.6) is 0 Å². The second-order valence-corrected chi connectivity index (χ2v) is 2.36. The first-order valence-electron chi connectivity index (χ1n) is 3.23. The van der Waals surface area contributed by atoms with Gasteiger partial charge in [-0.15, -0.1) is 0 Å². The van der Waals surface area contributed by atoms with E-state index in [1.807, 2.05) is 0 Å². The predicted molar refractivity (Wildman–Crippen MR) is 39.1 cm³/mol. The third-order valence-corrected chi connectivity index (χ3v) is 1.63. The van der Waals surface area contributed by atoms with Gasteiger partial charge in [0.05, 0.1) is 5.52 Å². The van der Waals surface area contributed by atoms with Crippen LogP contribution in [0.2, 0.25) is 0 Å². The summed E-state index contributed by atoms with van der Waals surface area (Å²) in [4.78, 5) is 0. The molecule has 1 N–H and O–H groups in total. The number of hydrogen-bond donors (Lipinski definition) is 1. The second kappa shape index (κ2) is 1.99. The van der Waals surface area contributed by atoms with E-state index in [9.17, 15) is 4.39 Å². The molecule has 0 unspecified atom stereocenters. The summed E-state index contributed by atoms with van der Waals surface area (Å²) >= 11 is 0. The molecule has 0 aliphatic carbocycles. The lowest BCUT2D eigenvalue weighted by Gasteiger charge is -1.92. The standard InChI is InChI=1S/C8H6FNO/c9-7-1-2-8-6(5-7)3-4-10(8)11/h1-5,11H. The van der Waals surface area contributed by atoms with E-state index in [1.54, 1.807) is 6.07 Å². The Labute approximate surface area is 62.4 Å². The number of aromatic nitrogens is 1. The Hall–Kier alpha value is -1.51. The van der Waals surface area contributed by atoms with Gasteiger partial charge < -0.3 is 5.21 Å². The van der Waals surface area contributed by atoms with Crippen LogP contribution >= 0.6 is 0 Å². The van der Waals surface area contributed by atoms with Crippen molar-refractivity contribution in [2.75, 3.05) is 0 Å². The van der Waals surface area contributed by atoms with Crippen LogP contribution in [0.25, 0.3) is 10.9 Å². The highest BCUT2D eigenvalue weighted by molar-refractivity contribution is 5.79. The summed E-state index contributed by atoms with van der Waals surface area (Å²) < 4.78 is 13.5. The zero-order chi connectivity index (χ0) is 7.84. The first-order valence-corrected chi connectivity index (χ1v) is 3.23. The first-order chi connectivity index (χ1) is 5.27. The third kappa shape index (κ3) is 0.852. The van der Waals surface area contributed by atoms with Crippen molar-refractivity contribution in [3.05, 3.63) is 36.3 Å². The molecule has 0 radical (unpaired) electrons. The maximum Gasteiger partial charge on any atom is 0.123 e. The molecule has 3 heteroatoms. The van der Waals surface area contributed by atoms with E-state index < -0.39 is 0 Å². The predicted octanol–water partition coefficient (Wildman–Crippen LogP) is 2.02. The number of nitrogens with zero attached hydrogens (tertiary/aromatic N) is 1. The molecule has 0 spiro atoms. The maximum absolute atomic E-state index is 12.6. The average Bonchev–Trinajstić information content (AvgIpc) is 2.32. The largest absolute Gasteiger partial charge is 0.428 e. The fourth-order valence-corrected chi connectivity index (χ4v) is 1.10. The van der Waals surface area contributed by atoms with Gasteiger partial charge in [-0.05, 0) is 24.3 Å². The summed E-state index contributed by atoms with van der Waals surface area (Å²) in [6.07, 6.45) is 1.48. The smallest absolute Gasteiger partial charge is 0.123 e. The average molecular weight is 151 g/mol. The lowest BCUT2D eigenvalue weighted by molar-refractivity contribution is 0.200. The minimum Gasteiger partial charge on any atom is -0.428 e. The third-order valence-electron chi connectivity index (χ3n) is 1.63. The van der Waals surface area contributed by atoms with Crippen molar-refractivity contribution in [1.29, 1.82) is 0 Å². The van der Waals surface area contributed by atoms with Crippen LogP contribution in [0.15, 0.2) is 30.5 Å². The van der Waals surface area contributed by atoms with Crippen LogP contribution < -0.4 is 0 Å². The highest BCUT2D eigenvalue weighted by Gasteiger charge is 1.98. The van der Waals surface area contributed by atoms with Gasteiger partial charge in [0, 0.05) is 11.6 Å². The van der Waals surface area contributed by atoms with Crippen LogP contribution in [-0.4, -0.2) is 9.94 Å². The molecule has 0 bridgehead atoms. The molecule has 0 saturated heterocycles. The molecule has 1 aromatic carbocycles. The first kappa shape index (κ1) is 6.22. The molecule has 11 heavy (non-hydrogen) atoms. The Bertz CT molecular complexity index is 394. The van der Waals surface area contributed by atoms with Gasteiger partial charge >= 0.3 is 0 Å². The van der Waals surface area contributed by atoms with Crippen molar-refractivity contribution in [3.8, 4) is 0 Å². The fourth-order valence-electron chi connectivity index (χ4n) is 1.10. The zero-order valence-corrected chi connectivity index (χ0v) is 5.66. The summed E-state index contributed by atoms with van der Waals surface area (Å²) in [7, 11) is 0. The van der Waals surface area contributed by atoms with Gasteiger partial charge in [-0.25, -0.2) is 4.39 Å². The van der Waals surface area contributed by atoms with Crippen molar-refractivity contribution >= 4 is 10.9 Å². The van der Waals surface area contributed by atoms with Crippen LogP contribution in [-0.2, 0) is 0 Å².